The Kier molecular flexibility index (Phi) is 7.34. The van der Waals surface area contributed by atoms with Gasteiger partial charge in [0.25, 0.3) is 0 Å². The number of thiazole rings is 1. The second-order valence-corrected chi connectivity index (χ2v) is 13.0. The number of rotatable bonds is 5. The summed E-state index contributed by atoms with van der Waals surface area (Å²) in [6.07, 6.45) is 3.27. The Labute approximate surface area is 254 Å². The highest BCUT2D eigenvalue weighted by molar-refractivity contribution is 9.10. The summed E-state index contributed by atoms with van der Waals surface area (Å²) in [5.74, 6) is -2.48. The number of benzene rings is 2. The quantitative estimate of drug-likeness (QED) is 0.268. The number of carbonyl (C=O) groups is 3. The van der Waals surface area contributed by atoms with E-state index in [2.05, 4.69) is 26.2 Å². The molecule has 2 aromatic heterocycles. The molecule has 0 saturated carbocycles. The molecule has 3 amide bonds. The zero-order valence-corrected chi connectivity index (χ0v) is 24.9. The minimum absolute atomic E-state index is 0.283. The molecule has 8 nitrogen and oxygen atoms in total. The van der Waals surface area contributed by atoms with E-state index in [-0.39, 0.29) is 28.3 Å². The molecule has 1 N–H and O–H groups in total. The Balaban J connectivity index is 1.39. The number of hydrogen-bond acceptors (Lipinski definition) is 7. The van der Waals surface area contributed by atoms with Gasteiger partial charge in [-0.3, -0.25) is 28.7 Å². The van der Waals surface area contributed by atoms with E-state index in [1.165, 1.54) is 15.5 Å². The smallest absolute Gasteiger partial charge is 0.308 e. The number of pyridine rings is 1. The van der Waals surface area contributed by atoms with Crippen molar-refractivity contribution >= 4 is 91.3 Å². The number of amides is 3. The Morgan fingerprint density at radius 1 is 1.02 bits per heavy atom. The van der Waals surface area contributed by atoms with E-state index in [1.807, 2.05) is 6.07 Å². The summed E-state index contributed by atoms with van der Waals surface area (Å²) in [7, 11) is 0. The van der Waals surface area contributed by atoms with Gasteiger partial charge in [0.15, 0.2) is 0 Å². The van der Waals surface area contributed by atoms with Crippen LogP contribution in [0.5, 0.6) is 0 Å². The van der Waals surface area contributed by atoms with Crippen LogP contribution in [0.2, 0.25) is 10.0 Å². The summed E-state index contributed by atoms with van der Waals surface area (Å²) in [5, 5.41) is 3.07. The van der Waals surface area contributed by atoms with E-state index >= 15 is 0 Å². The van der Waals surface area contributed by atoms with Gasteiger partial charge in [-0.15, -0.1) is 0 Å². The van der Waals surface area contributed by atoms with Gasteiger partial charge in [-0.05, 0) is 54.1 Å². The fourth-order valence-electron chi connectivity index (χ4n) is 4.94. The molecule has 2 aromatic carbocycles. The lowest BCUT2D eigenvalue weighted by Gasteiger charge is -2.30. The van der Waals surface area contributed by atoms with Crippen molar-refractivity contribution in [3.8, 4) is 0 Å². The number of halogens is 3. The second-order valence-electron chi connectivity index (χ2n) is 9.12. The average molecular weight is 676 g/mol. The highest BCUT2D eigenvalue weighted by Crippen LogP contribution is 2.53. The van der Waals surface area contributed by atoms with Crippen molar-refractivity contribution in [3.05, 3.63) is 102 Å². The molecule has 6 rings (SSSR count). The molecular formula is C27H17BrCl2N4O4S2. The maximum Gasteiger partial charge on any atom is 0.308 e. The van der Waals surface area contributed by atoms with Gasteiger partial charge in [0.05, 0.1) is 26.7 Å². The van der Waals surface area contributed by atoms with Crippen LogP contribution in [-0.2, 0) is 20.9 Å². The van der Waals surface area contributed by atoms with E-state index in [0.717, 1.165) is 27.6 Å². The van der Waals surface area contributed by atoms with E-state index in [4.69, 9.17) is 23.2 Å². The fraction of sp³-hybridized carbons (Fsp3) is 0.148. The van der Waals surface area contributed by atoms with Crippen molar-refractivity contribution < 1.29 is 14.4 Å². The van der Waals surface area contributed by atoms with Crippen molar-refractivity contribution in [1.82, 2.24) is 9.55 Å². The molecule has 202 valence electrons. The molecule has 3 atom stereocenters. The lowest BCUT2D eigenvalue weighted by Crippen LogP contribution is -2.33. The predicted octanol–water partition coefficient (Wildman–Crippen LogP) is 5.81. The van der Waals surface area contributed by atoms with Gasteiger partial charge >= 0.3 is 4.87 Å². The van der Waals surface area contributed by atoms with Crippen LogP contribution in [0, 0.1) is 5.92 Å². The fourth-order valence-corrected chi connectivity index (χ4v) is 8.27. The van der Waals surface area contributed by atoms with Gasteiger partial charge in [-0.25, -0.2) is 4.90 Å². The second kappa shape index (κ2) is 10.8. The first kappa shape index (κ1) is 27.2. The van der Waals surface area contributed by atoms with Crippen LogP contribution >= 0.6 is 62.2 Å². The van der Waals surface area contributed by atoms with Crippen LogP contribution < -0.4 is 15.1 Å². The average Bonchev–Trinajstić information content (AvgIpc) is 3.38. The molecular weight excluding hydrogens is 659 g/mol. The summed E-state index contributed by atoms with van der Waals surface area (Å²) < 4.78 is 2.18. The van der Waals surface area contributed by atoms with Crippen molar-refractivity contribution in [1.29, 1.82) is 0 Å². The van der Waals surface area contributed by atoms with Crippen molar-refractivity contribution in [2.45, 2.75) is 22.7 Å². The monoisotopic (exact) mass is 674 g/mol. The number of aromatic nitrogens is 2. The normalized spacial score (nSPS) is 19.9. The third-order valence-electron chi connectivity index (χ3n) is 6.68. The number of hydrogen-bond donors (Lipinski definition) is 1. The Bertz CT molecular complexity index is 1730. The van der Waals surface area contributed by atoms with Gasteiger partial charge in [0.2, 0.25) is 17.7 Å². The number of carbonyl (C=O) groups excluding carboxylic acids is 3. The third-order valence-corrected chi connectivity index (χ3v) is 10.6. The van der Waals surface area contributed by atoms with Crippen LogP contribution in [0.25, 0.3) is 0 Å². The zero-order chi connectivity index (χ0) is 28.1. The Hall–Kier alpha value is -2.96. The minimum atomic E-state index is -0.785. The number of nitrogens with one attached hydrogen (secondary N) is 1. The van der Waals surface area contributed by atoms with E-state index in [9.17, 15) is 19.2 Å². The topological polar surface area (TPSA) is 101 Å². The van der Waals surface area contributed by atoms with Gasteiger partial charge in [-0.1, -0.05) is 68.3 Å². The molecule has 1 saturated heterocycles. The largest absolute Gasteiger partial charge is 0.324 e. The van der Waals surface area contributed by atoms with Gasteiger partial charge in [0, 0.05) is 33.3 Å². The molecule has 3 unspecified atom stereocenters. The lowest BCUT2D eigenvalue weighted by atomic mass is 9.84. The van der Waals surface area contributed by atoms with Crippen LogP contribution in [0.3, 0.4) is 0 Å². The SMILES string of the molecule is O=C(Cn1c2c(sc1=O)C(c1cccnc1)C1C(=O)N(c3ccc(Br)cc3)C(=O)C1S2)Nc1ccc(Cl)c(Cl)c1. The predicted molar refractivity (Wildman–Crippen MR) is 160 cm³/mol. The molecule has 4 heterocycles. The van der Waals surface area contributed by atoms with Gasteiger partial charge < -0.3 is 5.32 Å². The number of anilines is 2. The lowest BCUT2D eigenvalue weighted by molar-refractivity contribution is -0.122. The Morgan fingerprint density at radius 3 is 2.50 bits per heavy atom. The number of imide groups is 1. The maximum absolute atomic E-state index is 13.8. The first-order valence-corrected chi connectivity index (χ1v) is 15.2. The Morgan fingerprint density at radius 2 is 1.80 bits per heavy atom. The van der Waals surface area contributed by atoms with Gasteiger partial charge in [-0.2, -0.15) is 0 Å². The van der Waals surface area contributed by atoms with Crippen LogP contribution in [0.1, 0.15) is 16.4 Å². The highest BCUT2D eigenvalue weighted by atomic mass is 79.9. The van der Waals surface area contributed by atoms with E-state index in [1.54, 1.807) is 54.9 Å². The van der Waals surface area contributed by atoms with Crippen LogP contribution in [0.15, 0.2) is 81.3 Å². The molecule has 0 radical (unpaired) electrons. The number of fused-ring (bicyclic) bond motifs is 2. The summed E-state index contributed by atoms with van der Waals surface area (Å²) in [5.41, 5.74) is 1.62. The first-order valence-electron chi connectivity index (χ1n) is 11.9. The van der Waals surface area contributed by atoms with Gasteiger partial charge in [0.1, 0.15) is 11.8 Å². The zero-order valence-electron chi connectivity index (χ0n) is 20.2. The number of nitrogens with zero attached hydrogens (tertiary/aromatic N) is 3. The van der Waals surface area contributed by atoms with E-state index < -0.39 is 23.0 Å². The molecule has 40 heavy (non-hydrogen) atoms. The van der Waals surface area contributed by atoms with Crippen LogP contribution in [0.4, 0.5) is 11.4 Å². The van der Waals surface area contributed by atoms with Crippen molar-refractivity contribution in [2.75, 3.05) is 10.2 Å². The maximum atomic E-state index is 13.8. The molecule has 1 fully saturated rings. The molecule has 0 bridgehead atoms. The first-order chi connectivity index (χ1) is 19.2. The summed E-state index contributed by atoms with van der Waals surface area (Å²) >= 11 is 17.5. The summed E-state index contributed by atoms with van der Waals surface area (Å²) in [4.78, 5) is 59.5. The summed E-state index contributed by atoms with van der Waals surface area (Å²) in [6.45, 7) is -0.284. The highest BCUT2D eigenvalue weighted by Gasteiger charge is 2.56. The minimum Gasteiger partial charge on any atom is -0.324 e. The molecule has 4 aromatic rings. The molecule has 13 heteroatoms. The van der Waals surface area contributed by atoms with E-state index in [0.29, 0.717) is 31.9 Å². The van der Waals surface area contributed by atoms with Crippen molar-refractivity contribution in [3.63, 3.8) is 0 Å². The molecule has 2 aliphatic rings. The third kappa shape index (κ3) is 4.79. The summed E-state index contributed by atoms with van der Waals surface area (Å²) in [6, 6.07) is 15.2. The molecule has 2 aliphatic heterocycles. The van der Waals surface area contributed by atoms with Crippen molar-refractivity contribution in [2.24, 2.45) is 5.92 Å². The molecule has 0 spiro atoms. The number of thioether (sulfide) groups is 1. The van der Waals surface area contributed by atoms with Crippen LogP contribution in [-0.4, -0.2) is 32.5 Å². The standard InChI is InChI=1S/C27H17BrCl2N4O4S2/c28-14-3-6-16(7-4-14)34-24(36)21-20(13-2-1-9-31-11-13)23-26(39-22(21)25(34)37)33(27(38)40-23)12-19(35)32-15-5-8-17(29)18(30)10-15/h1-11,20-22H,12H2,(H,32,35). The molecule has 0 aliphatic carbocycles.